The first-order valence-corrected chi connectivity index (χ1v) is 10.0. The van der Waals surface area contributed by atoms with E-state index in [-0.39, 0.29) is 13.9 Å². The molecule has 1 heterocycles. The van der Waals surface area contributed by atoms with Gasteiger partial charge in [-0.2, -0.15) is 0 Å². The average molecular weight is 312 g/mol. The van der Waals surface area contributed by atoms with Crippen LogP contribution in [0.1, 0.15) is 11.1 Å². The maximum Gasteiger partial charge on any atom is -0.112 e. The summed E-state index contributed by atoms with van der Waals surface area (Å²) < 4.78 is 34.0. The van der Waals surface area contributed by atoms with Crippen LogP contribution in [-0.4, -0.2) is 13.9 Å². The molecule has 0 saturated heterocycles. The Kier molecular flexibility index (Phi) is 5.21. The van der Waals surface area contributed by atoms with Crippen LogP contribution in [-0.2, 0) is 11.7 Å². The molecule has 1 aromatic rings. The molecule has 0 amide bonds. The van der Waals surface area contributed by atoms with E-state index in [1.807, 2.05) is 0 Å². The molecule has 0 aromatic heterocycles. The summed E-state index contributed by atoms with van der Waals surface area (Å²) in [7, 11) is -4.94. The summed E-state index contributed by atoms with van der Waals surface area (Å²) in [5, 5.41) is 2.91. The number of hydrogen-bond acceptors (Lipinski definition) is 4. The van der Waals surface area contributed by atoms with Gasteiger partial charge >= 0.3 is 72.2 Å². The topological polar surface area (TPSA) is 92.2 Å². The van der Waals surface area contributed by atoms with Crippen molar-refractivity contribution in [3.8, 4) is 0 Å². The third kappa shape index (κ3) is 5.82. The van der Waals surface area contributed by atoms with Gasteiger partial charge in [0.1, 0.15) is 0 Å². The van der Waals surface area contributed by atoms with Gasteiger partial charge in [0.15, 0.2) is 0 Å². The molecule has 1 aliphatic heterocycles. The monoisotopic (exact) mass is 312 g/mol. The smallest absolute Gasteiger partial charge is 0.112 e. The second-order valence-corrected chi connectivity index (χ2v) is 9.02. The van der Waals surface area contributed by atoms with Gasteiger partial charge in [-0.15, -0.1) is 10.2 Å². The van der Waals surface area contributed by atoms with Crippen molar-refractivity contribution in [3.05, 3.63) is 35.4 Å². The Hall–Kier alpha value is -0.131. The van der Waals surface area contributed by atoms with Crippen LogP contribution < -0.4 is 18.6 Å². The van der Waals surface area contributed by atoms with E-state index in [1.165, 1.54) is 17.1 Å². The molecule has 1 atom stereocenters. The Morgan fingerprint density at radius 2 is 1.56 bits per heavy atom. The fraction of sp³-hybridized carbons (Fsp3) is 0.400. The number of aryl methyl sites for hydroxylation is 1. The van der Waals surface area contributed by atoms with Gasteiger partial charge in [-0.05, 0) is 0 Å². The predicted molar refractivity (Wildman–Crippen MR) is 50.3 cm³/mol. The number of hydrogen-bond donors (Lipinski definition) is 0. The largest absolute Gasteiger partial charge is 0.222 e. The molecule has 0 radical (unpaired) electrons. The van der Waals surface area contributed by atoms with Gasteiger partial charge < -0.3 is 0 Å². The van der Waals surface area contributed by atoms with Gasteiger partial charge in [-0.1, -0.05) is 0 Å². The number of halogens is 1. The zero-order valence-corrected chi connectivity index (χ0v) is 11.3. The molecule has 0 aliphatic carbocycles. The minimum absolute atomic E-state index is 0.209. The van der Waals surface area contributed by atoms with E-state index in [4.69, 9.17) is 18.6 Å². The van der Waals surface area contributed by atoms with Gasteiger partial charge in [0, 0.05) is 0 Å². The van der Waals surface area contributed by atoms with Crippen LogP contribution in [0.5, 0.6) is 0 Å². The predicted octanol–water partition coefficient (Wildman–Crippen LogP) is -2.31. The Morgan fingerprint density at radius 3 is 2.12 bits per heavy atom. The van der Waals surface area contributed by atoms with E-state index in [2.05, 4.69) is 30.1 Å². The van der Waals surface area contributed by atoms with Crippen molar-refractivity contribution in [2.75, 3.05) is 0 Å². The maximum absolute atomic E-state index is 8.49. The Balaban J connectivity index is 0.000000221. The molecule has 6 heteroatoms. The van der Waals surface area contributed by atoms with E-state index < -0.39 is 10.2 Å². The zero-order chi connectivity index (χ0) is 12.2. The molecule has 4 nitrogen and oxygen atoms in total. The van der Waals surface area contributed by atoms with E-state index in [0.29, 0.717) is 0 Å². The van der Waals surface area contributed by atoms with Gasteiger partial charge in [0.05, 0.1) is 0 Å². The van der Waals surface area contributed by atoms with E-state index >= 15 is 0 Å². The molecule has 0 N–H and O–H groups in total. The molecule has 0 saturated carbocycles. The van der Waals surface area contributed by atoms with Crippen molar-refractivity contribution in [1.82, 2.24) is 0 Å². The van der Waals surface area contributed by atoms with Crippen molar-refractivity contribution >= 4 is 13.9 Å². The van der Waals surface area contributed by atoms with Crippen molar-refractivity contribution in [3.63, 3.8) is 0 Å². The SMILES string of the molecule is C[Se+]1CCc2ccccc2C1.[O-][Cl+3]([O-])([O-])[O-]. The third-order valence-corrected chi connectivity index (χ3v) is 5.82. The van der Waals surface area contributed by atoms with Crippen molar-refractivity contribution < 1.29 is 28.9 Å². The molecule has 90 valence electrons. The first-order chi connectivity index (χ1) is 7.36. The number of rotatable bonds is 0. The van der Waals surface area contributed by atoms with E-state index in [9.17, 15) is 0 Å². The summed E-state index contributed by atoms with van der Waals surface area (Å²) in [6.07, 6.45) is 1.34. The van der Waals surface area contributed by atoms with Crippen LogP contribution in [0.15, 0.2) is 24.3 Å². The summed E-state index contributed by atoms with van der Waals surface area (Å²) >= 11 is -0.209. The molecule has 2 rings (SSSR count). The first-order valence-electron chi connectivity index (χ1n) is 4.64. The van der Waals surface area contributed by atoms with Crippen molar-refractivity contribution in [1.29, 1.82) is 0 Å². The molecule has 0 spiro atoms. The first kappa shape index (κ1) is 13.9. The second-order valence-electron chi connectivity index (χ2n) is 3.53. The number of benzene rings is 1. The standard InChI is InChI=1S/C10H13Se.ClHO4/c1-11-7-6-9-4-2-3-5-10(9)8-11;2-1(3,4)5/h2-5H,6-8H2,1H3;(H,2,3,4,5)/q+1;/p-1. The summed E-state index contributed by atoms with van der Waals surface area (Å²) in [5.74, 6) is 2.47. The van der Waals surface area contributed by atoms with Crippen molar-refractivity contribution in [2.45, 2.75) is 22.9 Å². The molecule has 1 aromatic carbocycles. The number of fused-ring (bicyclic) bond motifs is 1. The van der Waals surface area contributed by atoms with Crippen LogP contribution in [0.25, 0.3) is 0 Å². The zero-order valence-electron chi connectivity index (χ0n) is 8.85. The Bertz CT molecular complexity index is 334. The summed E-state index contributed by atoms with van der Waals surface area (Å²) in [5.41, 5.74) is 3.24. The summed E-state index contributed by atoms with van der Waals surface area (Å²) in [4.78, 5) is 0. The van der Waals surface area contributed by atoms with Gasteiger partial charge in [-0.25, -0.2) is 18.6 Å². The summed E-state index contributed by atoms with van der Waals surface area (Å²) in [6.45, 7) is 0. The second kappa shape index (κ2) is 5.98. The van der Waals surface area contributed by atoms with Crippen LogP contribution in [0.3, 0.4) is 0 Å². The van der Waals surface area contributed by atoms with E-state index in [1.54, 1.807) is 11.1 Å². The normalized spacial score (nSPS) is 19.4. The Morgan fingerprint density at radius 1 is 1.06 bits per heavy atom. The molecule has 16 heavy (non-hydrogen) atoms. The molecule has 0 fully saturated rings. The Labute approximate surface area is 101 Å². The fourth-order valence-corrected chi connectivity index (χ4v) is 4.76. The third-order valence-electron chi connectivity index (χ3n) is 2.24. The molecular formula is C10H13ClO4Se. The van der Waals surface area contributed by atoms with Crippen LogP contribution in [0.4, 0.5) is 0 Å². The van der Waals surface area contributed by atoms with Crippen LogP contribution >= 0.6 is 0 Å². The average Bonchev–Trinajstić information content (AvgIpc) is 2.15. The molecular weight excluding hydrogens is 299 g/mol. The van der Waals surface area contributed by atoms with Crippen molar-refractivity contribution in [2.24, 2.45) is 0 Å². The van der Waals surface area contributed by atoms with Gasteiger partial charge in [0.25, 0.3) is 0 Å². The molecule has 0 bridgehead atoms. The molecule has 1 aliphatic rings. The van der Waals surface area contributed by atoms with Gasteiger partial charge in [0.2, 0.25) is 0 Å². The van der Waals surface area contributed by atoms with Crippen LogP contribution in [0.2, 0.25) is 11.1 Å². The minimum Gasteiger partial charge on any atom is -0.222 e. The quantitative estimate of drug-likeness (QED) is 0.503. The van der Waals surface area contributed by atoms with Crippen LogP contribution in [0, 0.1) is 10.2 Å². The van der Waals surface area contributed by atoms with Gasteiger partial charge in [-0.3, -0.25) is 0 Å². The summed E-state index contributed by atoms with van der Waals surface area (Å²) in [6, 6.07) is 8.92. The minimum atomic E-state index is -4.94. The fourth-order valence-electron chi connectivity index (χ4n) is 1.56. The maximum atomic E-state index is 8.49. The van der Waals surface area contributed by atoms with E-state index in [0.717, 1.165) is 0 Å². The molecule has 1 unspecified atom stereocenters.